The Morgan fingerprint density at radius 1 is 1.12 bits per heavy atom. The Kier molecular flexibility index (Phi) is 4.48. The molecule has 26 heavy (non-hydrogen) atoms. The number of nitrogens with zero attached hydrogens (tertiary/aromatic N) is 1. The molecule has 0 spiro atoms. The molecule has 1 heterocycles. The van der Waals surface area contributed by atoms with Crippen LogP contribution < -0.4 is 5.32 Å². The van der Waals surface area contributed by atoms with Crippen LogP contribution in [0.4, 0.5) is 0 Å². The third kappa shape index (κ3) is 3.01. The molecule has 0 aromatic heterocycles. The predicted octanol–water partition coefficient (Wildman–Crippen LogP) is 2.03. The van der Waals surface area contributed by atoms with Gasteiger partial charge < -0.3 is 15.3 Å². The first-order chi connectivity index (χ1) is 12.4. The summed E-state index contributed by atoms with van der Waals surface area (Å²) < 4.78 is 0. The monoisotopic (exact) mass is 362 g/mol. The Morgan fingerprint density at radius 3 is 2.23 bits per heavy atom. The second kappa shape index (κ2) is 6.54. The topological polar surface area (TPSA) is 86.7 Å². The summed E-state index contributed by atoms with van der Waals surface area (Å²) >= 11 is 0. The molecule has 4 saturated carbocycles. The second-order valence-corrected chi connectivity index (χ2v) is 9.34. The van der Waals surface area contributed by atoms with Crippen LogP contribution in [0, 0.1) is 29.1 Å². The number of carbonyl (C=O) groups excluding carboxylic acids is 2. The molecule has 0 radical (unpaired) electrons. The molecular weight excluding hydrogens is 332 g/mol. The highest BCUT2D eigenvalue weighted by atomic mass is 16.4. The molecule has 1 aliphatic heterocycles. The van der Waals surface area contributed by atoms with Crippen molar-refractivity contribution in [1.82, 2.24) is 10.2 Å². The van der Waals surface area contributed by atoms with Crippen LogP contribution in [0.5, 0.6) is 0 Å². The lowest BCUT2D eigenvalue weighted by Gasteiger charge is -2.56. The van der Waals surface area contributed by atoms with Crippen molar-refractivity contribution >= 4 is 17.8 Å². The summed E-state index contributed by atoms with van der Waals surface area (Å²) in [5.41, 5.74) is -0.216. The average Bonchev–Trinajstić information content (AvgIpc) is 3.06. The number of carboxylic acids is 1. The van der Waals surface area contributed by atoms with Gasteiger partial charge in [-0.1, -0.05) is 6.92 Å². The van der Waals surface area contributed by atoms with Gasteiger partial charge in [-0.15, -0.1) is 0 Å². The van der Waals surface area contributed by atoms with E-state index < -0.39 is 17.9 Å². The van der Waals surface area contributed by atoms with Gasteiger partial charge in [0.05, 0.1) is 11.3 Å². The zero-order chi connectivity index (χ0) is 18.5. The number of hydrogen-bond donors (Lipinski definition) is 2. The molecule has 0 aromatic rings. The van der Waals surface area contributed by atoms with Crippen molar-refractivity contribution in [2.45, 2.75) is 64.3 Å². The third-order valence-corrected chi connectivity index (χ3v) is 7.31. The molecule has 2 N–H and O–H groups in total. The Labute approximate surface area is 154 Å². The Hall–Kier alpha value is -1.59. The Balaban J connectivity index is 1.44. The van der Waals surface area contributed by atoms with Gasteiger partial charge in [0.1, 0.15) is 6.04 Å². The number of aliphatic carboxylic acids is 1. The van der Waals surface area contributed by atoms with E-state index in [1.54, 1.807) is 6.92 Å². The zero-order valence-corrected chi connectivity index (χ0v) is 15.6. The van der Waals surface area contributed by atoms with Crippen LogP contribution in [0.15, 0.2) is 0 Å². The van der Waals surface area contributed by atoms with E-state index in [-0.39, 0.29) is 23.8 Å². The highest BCUT2D eigenvalue weighted by molar-refractivity contribution is 5.91. The zero-order valence-electron chi connectivity index (χ0n) is 15.6. The lowest BCUT2D eigenvalue weighted by atomic mass is 9.49. The number of likely N-dealkylation sites (tertiary alicyclic amines) is 1. The van der Waals surface area contributed by atoms with E-state index in [4.69, 9.17) is 5.11 Å². The molecule has 2 amide bonds. The minimum Gasteiger partial charge on any atom is -0.481 e. The number of hydrogen-bond acceptors (Lipinski definition) is 3. The molecular formula is C20H30N2O4. The second-order valence-electron chi connectivity index (χ2n) is 9.34. The number of amides is 2. The summed E-state index contributed by atoms with van der Waals surface area (Å²) in [6.07, 6.45) is 8.46. The minimum atomic E-state index is -0.918. The lowest BCUT2D eigenvalue weighted by Crippen LogP contribution is -2.57. The fourth-order valence-corrected chi connectivity index (χ4v) is 6.42. The van der Waals surface area contributed by atoms with Gasteiger partial charge in [0.25, 0.3) is 0 Å². The van der Waals surface area contributed by atoms with Gasteiger partial charge in [0.2, 0.25) is 11.8 Å². The molecule has 5 aliphatic rings. The van der Waals surface area contributed by atoms with Crippen molar-refractivity contribution in [1.29, 1.82) is 0 Å². The lowest BCUT2D eigenvalue weighted by molar-refractivity contribution is -0.160. The maximum atomic E-state index is 13.5. The van der Waals surface area contributed by atoms with Gasteiger partial charge >= 0.3 is 5.97 Å². The molecule has 2 unspecified atom stereocenters. The number of rotatable bonds is 5. The number of carbonyl (C=O) groups is 3. The van der Waals surface area contributed by atoms with Gasteiger partial charge in [-0.05, 0) is 69.1 Å². The normalized spacial score (nSPS) is 39.0. The molecule has 4 aliphatic carbocycles. The maximum Gasteiger partial charge on any atom is 0.308 e. The van der Waals surface area contributed by atoms with Crippen molar-refractivity contribution in [3.05, 3.63) is 0 Å². The quantitative estimate of drug-likeness (QED) is 0.783. The fourth-order valence-electron chi connectivity index (χ4n) is 6.42. The first kappa shape index (κ1) is 17.8. The fraction of sp³-hybridized carbons (Fsp3) is 0.850. The van der Waals surface area contributed by atoms with Gasteiger partial charge in [-0.2, -0.15) is 0 Å². The van der Waals surface area contributed by atoms with E-state index in [0.29, 0.717) is 30.7 Å². The van der Waals surface area contributed by atoms with Crippen LogP contribution in [0.2, 0.25) is 0 Å². The van der Waals surface area contributed by atoms with Crippen molar-refractivity contribution in [2.75, 3.05) is 13.1 Å². The van der Waals surface area contributed by atoms with Crippen LogP contribution in [0.3, 0.4) is 0 Å². The van der Waals surface area contributed by atoms with Crippen molar-refractivity contribution in [2.24, 2.45) is 29.1 Å². The molecule has 6 heteroatoms. The maximum absolute atomic E-state index is 13.5. The Bertz CT molecular complexity index is 582. The van der Waals surface area contributed by atoms with E-state index >= 15 is 0 Å². The van der Waals surface area contributed by atoms with Crippen molar-refractivity contribution < 1.29 is 19.5 Å². The molecule has 5 fully saturated rings. The van der Waals surface area contributed by atoms with Crippen LogP contribution in [-0.2, 0) is 14.4 Å². The summed E-state index contributed by atoms with van der Waals surface area (Å²) in [5, 5.41) is 11.7. The molecule has 144 valence electrons. The van der Waals surface area contributed by atoms with Crippen molar-refractivity contribution in [3.8, 4) is 0 Å². The van der Waals surface area contributed by atoms with Crippen LogP contribution in [0.25, 0.3) is 0 Å². The highest BCUT2D eigenvalue weighted by Gasteiger charge is 2.56. The van der Waals surface area contributed by atoms with E-state index in [1.165, 1.54) is 19.3 Å². The first-order valence-corrected chi connectivity index (χ1v) is 10.2. The third-order valence-electron chi connectivity index (χ3n) is 7.31. The summed E-state index contributed by atoms with van der Waals surface area (Å²) in [6.45, 7) is 2.35. The van der Waals surface area contributed by atoms with Gasteiger partial charge in [0.15, 0.2) is 0 Å². The molecule has 5 rings (SSSR count). The van der Waals surface area contributed by atoms with Gasteiger partial charge in [0, 0.05) is 13.1 Å². The smallest absolute Gasteiger partial charge is 0.308 e. The van der Waals surface area contributed by atoms with E-state index in [9.17, 15) is 14.4 Å². The van der Waals surface area contributed by atoms with Gasteiger partial charge in [-0.3, -0.25) is 14.4 Å². The average molecular weight is 362 g/mol. The summed E-state index contributed by atoms with van der Waals surface area (Å²) in [7, 11) is 0. The van der Waals surface area contributed by atoms with E-state index in [0.717, 1.165) is 25.7 Å². The molecule has 2 atom stereocenters. The predicted molar refractivity (Wildman–Crippen MR) is 95.1 cm³/mol. The van der Waals surface area contributed by atoms with E-state index in [1.807, 2.05) is 4.90 Å². The Morgan fingerprint density at radius 2 is 1.69 bits per heavy atom. The highest BCUT2D eigenvalue weighted by Crippen LogP contribution is 2.60. The summed E-state index contributed by atoms with van der Waals surface area (Å²) in [6, 6.07) is -0.420. The molecule has 4 bridgehead atoms. The van der Waals surface area contributed by atoms with Crippen LogP contribution in [0.1, 0.15) is 58.3 Å². The largest absolute Gasteiger partial charge is 0.481 e. The summed E-state index contributed by atoms with van der Waals surface area (Å²) in [4.78, 5) is 38.9. The van der Waals surface area contributed by atoms with Gasteiger partial charge in [-0.25, -0.2) is 0 Å². The van der Waals surface area contributed by atoms with Crippen molar-refractivity contribution in [3.63, 3.8) is 0 Å². The number of nitrogens with one attached hydrogen (secondary N) is 1. The number of carboxylic acid groups (broad SMARTS) is 1. The molecule has 1 saturated heterocycles. The van der Waals surface area contributed by atoms with Crippen LogP contribution >= 0.6 is 0 Å². The molecule has 0 aromatic carbocycles. The van der Waals surface area contributed by atoms with E-state index in [2.05, 4.69) is 5.32 Å². The summed E-state index contributed by atoms with van der Waals surface area (Å²) in [5.74, 6) is 0.601. The SMILES string of the molecule is CC(CNC(=O)C1CCCN1C(=O)C12CC3CC(CC(C3)C1)C2)C(=O)O. The first-order valence-electron chi connectivity index (χ1n) is 10.2. The van der Waals surface area contributed by atoms with Crippen LogP contribution in [-0.4, -0.2) is 46.9 Å². The minimum absolute atomic E-state index is 0.115. The molecule has 6 nitrogen and oxygen atoms in total. The standard InChI is InChI=1S/C20H30N2O4/c1-12(18(24)25)11-21-17(23)16-3-2-4-22(16)19(26)20-8-13-5-14(9-20)7-15(6-13)10-20/h12-16H,2-11H2,1H3,(H,21,23)(H,24,25).